The zero-order chi connectivity index (χ0) is 22.9. The van der Waals surface area contributed by atoms with Crippen molar-refractivity contribution in [3.8, 4) is 0 Å². The molecule has 2 aliphatic heterocycles. The van der Waals surface area contributed by atoms with Gasteiger partial charge in [0.1, 0.15) is 0 Å². The molecular formula is C25H33BClN5O. The summed E-state index contributed by atoms with van der Waals surface area (Å²) in [5.74, 6) is 0. The van der Waals surface area contributed by atoms with Crippen molar-refractivity contribution in [3.63, 3.8) is 0 Å². The molecule has 5 rings (SSSR count). The van der Waals surface area contributed by atoms with Gasteiger partial charge in [-0.3, -0.25) is 14.8 Å². The molecule has 8 heteroatoms. The molecule has 3 heterocycles. The normalized spacial score (nSPS) is 22.9. The van der Waals surface area contributed by atoms with Crippen LogP contribution in [0.1, 0.15) is 28.4 Å². The molecule has 0 amide bonds. The number of fused-ring (bicyclic) bond motifs is 2. The van der Waals surface area contributed by atoms with Gasteiger partial charge < -0.3 is 14.7 Å². The number of hydrogen-bond donors (Lipinski definition) is 1. The number of nitrogens with zero attached hydrogens (tertiary/aromatic N) is 5. The molecule has 1 atom stereocenters. The molecule has 2 fully saturated rings. The number of benzene rings is 1. The van der Waals surface area contributed by atoms with Gasteiger partial charge in [-0.2, -0.15) is 0 Å². The summed E-state index contributed by atoms with van der Waals surface area (Å²) in [4.78, 5) is 14.5. The zero-order valence-electron chi connectivity index (χ0n) is 19.6. The van der Waals surface area contributed by atoms with Crippen molar-refractivity contribution in [1.29, 1.82) is 0 Å². The maximum absolute atomic E-state index is 10.0. The van der Waals surface area contributed by atoms with E-state index in [0.717, 1.165) is 69.6 Å². The maximum atomic E-state index is 10.0. The first kappa shape index (κ1) is 23.0. The molecule has 1 aliphatic carbocycles. The Kier molecular flexibility index (Phi) is 6.88. The van der Waals surface area contributed by atoms with Gasteiger partial charge in [-0.1, -0.05) is 23.7 Å². The van der Waals surface area contributed by atoms with E-state index in [1.54, 1.807) is 0 Å². The lowest BCUT2D eigenvalue weighted by molar-refractivity contribution is 0.144. The Morgan fingerprint density at radius 2 is 1.82 bits per heavy atom. The Hall–Kier alpha value is -1.74. The highest BCUT2D eigenvalue weighted by molar-refractivity contribution is 6.45. The Labute approximate surface area is 202 Å². The van der Waals surface area contributed by atoms with Crippen LogP contribution in [0.3, 0.4) is 0 Å². The average molecular weight is 466 g/mol. The Morgan fingerprint density at radius 1 is 1.06 bits per heavy atom. The van der Waals surface area contributed by atoms with Crippen molar-refractivity contribution >= 4 is 30.3 Å². The van der Waals surface area contributed by atoms with Gasteiger partial charge in [0, 0.05) is 70.1 Å². The molecule has 1 unspecified atom stereocenters. The van der Waals surface area contributed by atoms with Gasteiger partial charge in [-0.25, -0.2) is 0 Å². The summed E-state index contributed by atoms with van der Waals surface area (Å²) in [6.45, 7) is 10.6. The molecule has 1 N–H and O–H groups in total. The maximum Gasteiger partial charge on any atom is 0.376 e. The van der Waals surface area contributed by atoms with Crippen LogP contribution in [0.5, 0.6) is 0 Å². The summed E-state index contributed by atoms with van der Waals surface area (Å²) < 4.78 is 0. The zero-order valence-corrected chi connectivity index (χ0v) is 20.4. The van der Waals surface area contributed by atoms with Gasteiger partial charge in [-0.05, 0) is 60.4 Å². The first-order chi connectivity index (χ1) is 16.0. The lowest BCUT2D eigenvalue weighted by atomic mass is 9.84. The number of likely N-dealkylation sites (N-methyl/N-ethyl adjacent to an activating group) is 1. The van der Waals surface area contributed by atoms with E-state index >= 15 is 0 Å². The second-order valence-electron chi connectivity index (χ2n) is 9.56. The first-order valence-electron chi connectivity index (χ1n) is 12.0. The lowest BCUT2D eigenvalue weighted by Gasteiger charge is -2.40. The predicted octanol–water partition coefficient (Wildman–Crippen LogP) is 2.65. The summed E-state index contributed by atoms with van der Waals surface area (Å²) in [6, 6.07) is 10.7. The molecular weight excluding hydrogens is 433 g/mol. The molecule has 2 aromatic rings. The molecule has 0 bridgehead atoms. The van der Waals surface area contributed by atoms with E-state index in [9.17, 15) is 5.02 Å². The van der Waals surface area contributed by atoms with Crippen molar-refractivity contribution in [2.75, 3.05) is 66.0 Å². The Bertz CT molecular complexity index is 1020. The van der Waals surface area contributed by atoms with Crippen LogP contribution < -0.4 is 0 Å². The largest absolute Gasteiger partial charge is 0.437 e. The molecule has 0 saturated carbocycles. The van der Waals surface area contributed by atoms with Crippen LogP contribution in [-0.2, 0) is 0 Å². The van der Waals surface area contributed by atoms with E-state index < -0.39 is 7.05 Å². The lowest BCUT2D eigenvalue weighted by Crippen LogP contribution is -2.52. The van der Waals surface area contributed by atoms with Crippen LogP contribution >= 0.6 is 11.6 Å². The van der Waals surface area contributed by atoms with Crippen LogP contribution in [-0.4, -0.2) is 103 Å². The van der Waals surface area contributed by atoms with Crippen LogP contribution in [0.2, 0.25) is 11.8 Å². The minimum Gasteiger partial charge on any atom is -0.437 e. The SMILES string of the molecule is CB(O)N1CCN(C2c3ccc(Cl)cc3C(CN3CCN(C)CC3)=Cc3cccnc32)CC1. The summed E-state index contributed by atoms with van der Waals surface area (Å²) in [7, 11) is 1.79. The van der Waals surface area contributed by atoms with Gasteiger partial charge >= 0.3 is 7.05 Å². The summed E-state index contributed by atoms with van der Waals surface area (Å²) >= 11 is 6.54. The fourth-order valence-electron chi connectivity index (χ4n) is 5.35. The van der Waals surface area contributed by atoms with Crippen molar-refractivity contribution < 1.29 is 5.02 Å². The van der Waals surface area contributed by atoms with Crippen LogP contribution in [0, 0.1) is 0 Å². The minimum absolute atomic E-state index is 0.0749. The van der Waals surface area contributed by atoms with Gasteiger partial charge in [0.15, 0.2) is 0 Å². The van der Waals surface area contributed by atoms with Crippen LogP contribution in [0.25, 0.3) is 11.6 Å². The Morgan fingerprint density at radius 3 is 2.55 bits per heavy atom. The van der Waals surface area contributed by atoms with Crippen molar-refractivity contribution in [2.45, 2.75) is 12.9 Å². The van der Waals surface area contributed by atoms with E-state index in [0.29, 0.717) is 0 Å². The van der Waals surface area contributed by atoms with E-state index in [4.69, 9.17) is 16.6 Å². The van der Waals surface area contributed by atoms with Gasteiger partial charge in [0.25, 0.3) is 0 Å². The van der Waals surface area contributed by atoms with E-state index in [1.165, 1.54) is 22.3 Å². The van der Waals surface area contributed by atoms with Gasteiger partial charge in [0.05, 0.1) is 11.7 Å². The Balaban J connectivity index is 1.53. The minimum atomic E-state index is -0.408. The van der Waals surface area contributed by atoms with Crippen molar-refractivity contribution in [3.05, 3.63) is 63.9 Å². The number of piperazine rings is 2. The molecule has 2 saturated heterocycles. The van der Waals surface area contributed by atoms with Crippen molar-refractivity contribution in [2.24, 2.45) is 0 Å². The smallest absolute Gasteiger partial charge is 0.376 e. The highest BCUT2D eigenvalue weighted by Crippen LogP contribution is 2.40. The quantitative estimate of drug-likeness (QED) is 0.701. The number of pyridine rings is 1. The molecule has 1 aromatic heterocycles. The molecule has 0 radical (unpaired) electrons. The monoisotopic (exact) mass is 465 g/mol. The fraction of sp³-hybridized carbons (Fsp3) is 0.480. The highest BCUT2D eigenvalue weighted by Gasteiger charge is 2.34. The number of aromatic nitrogens is 1. The third-order valence-electron chi connectivity index (χ3n) is 7.35. The van der Waals surface area contributed by atoms with Gasteiger partial charge in [-0.15, -0.1) is 0 Å². The first-order valence-corrected chi connectivity index (χ1v) is 12.4. The molecule has 3 aliphatic rings. The van der Waals surface area contributed by atoms with E-state index in [2.05, 4.69) is 50.8 Å². The summed E-state index contributed by atoms with van der Waals surface area (Å²) in [6.07, 6.45) is 4.24. The summed E-state index contributed by atoms with van der Waals surface area (Å²) in [5, 5.41) is 10.8. The summed E-state index contributed by atoms with van der Waals surface area (Å²) in [5.41, 5.74) is 6.14. The number of hydrogen-bond acceptors (Lipinski definition) is 6. The molecule has 33 heavy (non-hydrogen) atoms. The topological polar surface area (TPSA) is 46.1 Å². The molecule has 0 spiro atoms. The molecule has 174 valence electrons. The van der Waals surface area contributed by atoms with Crippen LogP contribution in [0.15, 0.2) is 36.5 Å². The third kappa shape index (κ3) is 4.90. The molecule has 6 nitrogen and oxygen atoms in total. The van der Waals surface area contributed by atoms with E-state index in [1.807, 2.05) is 25.2 Å². The van der Waals surface area contributed by atoms with E-state index in [-0.39, 0.29) is 6.04 Å². The number of rotatable bonds is 4. The fourth-order valence-corrected chi connectivity index (χ4v) is 5.53. The second kappa shape index (κ2) is 9.86. The number of halogens is 1. The third-order valence-corrected chi connectivity index (χ3v) is 7.58. The molecule has 1 aromatic carbocycles. The predicted molar refractivity (Wildman–Crippen MR) is 136 cm³/mol. The second-order valence-corrected chi connectivity index (χ2v) is 10.0. The van der Waals surface area contributed by atoms with Crippen LogP contribution in [0.4, 0.5) is 0 Å². The highest BCUT2D eigenvalue weighted by atomic mass is 35.5. The standard InChI is InChI=1S/C25H33BClN5O/c1-26(33)32-14-12-31(13-15-32)25-22-6-5-21(27)17-23(22)20(16-19-4-3-7-28-24(19)25)18-30-10-8-29(2)9-11-30/h3-7,16-17,25,33H,8-15,18H2,1-2H3. The van der Waals surface area contributed by atoms with Gasteiger partial charge in [0.2, 0.25) is 0 Å². The average Bonchev–Trinajstić information content (AvgIpc) is 2.95. The van der Waals surface area contributed by atoms with Crippen molar-refractivity contribution in [1.82, 2.24) is 24.5 Å².